The maximum Gasteiger partial charge on any atom is 0.238 e. The minimum atomic E-state index is -3.60. The number of benzene rings is 1. The summed E-state index contributed by atoms with van der Waals surface area (Å²) in [6, 6.07) is 7.52. The van der Waals surface area contributed by atoms with Crippen molar-refractivity contribution in [2.75, 3.05) is 0 Å². The highest BCUT2D eigenvalue weighted by atomic mass is 32.2. The minimum Gasteiger partial charge on any atom is -0.309 e. The summed E-state index contributed by atoms with van der Waals surface area (Å²) in [4.78, 5) is 0.196. The molecule has 0 saturated heterocycles. The molecular formula is C14H20N2O2S. The van der Waals surface area contributed by atoms with E-state index >= 15 is 0 Å². The van der Waals surface area contributed by atoms with Crippen LogP contribution in [0.3, 0.4) is 0 Å². The van der Waals surface area contributed by atoms with Gasteiger partial charge in [0.05, 0.1) is 4.90 Å². The first-order valence-corrected chi connectivity index (χ1v) is 8.44. The van der Waals surface area contributed by atoms with Crippen LogP contribution in [-0.2, 0) is 16.6 Å². The molecule has 1 aromatic rings. The van der Waals surface area contributed by atoms with E-state index in [0.29, 0.717) is 6.04 Å². The van der Waals surface area contributed by atoms with Gasteiger partial charge < -0.3 is 5.32 Å². The van der Waals surface area contributed by atoms with Gasteiger partial charge in [-0.3, -0.25) is 0 Å². The fraction of sp³-hybridized carbons (Fsp3) is 0.571. The highest BCUT2D eigenvalue weighted by molar-refractivity contribution is 7.89. The van der Waals surface area contributed by atoms with Crippen molar-refractivity contribution in [3.8, 4) is 0 Å². The molecule has 0 spiro atoms. The Morgan fingerprint density at radius 1 is 1.21 bits per heavy atom. The molecular weight excluding hydrogens is 260 g/mol. The van der Waals surface area contributed by atoms with Crippen molar-refractivity contribution in [2.24, 2.45) is 17.0 Å². The SMILES string of the molecule is NS(=O)(=O)c1cccc(CNC(C2CC2)C2CC2)c1. The van der Waals surface area contributed by atoms with E-state index in [1.165, 1.54) is 31.7 Å². The van der Waals surface area contributed by atoms with Crippen molar-refractivity contribution in [1.82, 2.24) is 5.32 Å². The first-order chi connectivity index (χ1) is 9.04. The van der Waals surface area contributed by atoms with Gasteiger partial charge in [-0.15, -0.1) is 0 Å². The van der Waals surface area contributed by atoms with Crippen molar-refractivity contribution in [3.05, 3.63) is 29.8 Å². The smallest absolute Gasteiger partial charge is 0.238 e. The average molecular weight is 280 g/mol. The number of sulfonamides is 1. The molecule has 0 atom stereocenters. The first kappa shape index (κ1) is 13.1. The van der Waals surface area contributed by atoms with Gasteiger partial charge in [0.1, 0.15) is 0 Å². The van der Waals surface area contributed by atoms with Crippen LogP contribution in [0.1, 0.15) is 31.2 Å². The first-order valence-electron chi connectivity index (χ1n) is 6.89. The number of primary sulfonamides is 1. The van der Waals surface area contributed by atoms with Crippen molar-refractivity contribution in [3.63, 3.8) is 0 Å². The molecule has 2 saturated carbocycles. The molecule has 0 aromatic heterocycles. The Morgan fingerprint density at radius 2 is 1.84 bits per heavy atom. The molecule has 2 fully saturated rings. The fourth-order valence-corrected chi connectivity index (χ4v) is 3.28. The maximum atomic E-state index is 11.3. The van der Waals surface area contributed by atoms with E-state index in [0.717, 1.165) is 23.9 Å². The molecule has 1 aromatic carbocycles. The second-order valence-corrected chi connectivity index (χ2v) is 7.34. The summed E-state index contributed by atoms with van der Waals surface area (Å²) in [5.41, 5.74) is 0.984. The van der Waals surface area contributed by atoms with Gasteiger partial charge >= 0.3 is 0 Å². The van der Waals surface area contributed by atoms with Gasteiger partial charge in [0.25, 0.3) is 0 Å². The van der Waals surface area contributed by atoms with Crippen LogP contribution >= 0.6 is 0 Å². The second-order valence-electron chi connectivity index (χ2n) is 5.77. The molecule has 104 valence electrons. The predicted molar refractivity (Wildman–Crippen MR) is 73.9 cm³/mol. The third kappa shape index (κ3) is 3.35. The lowest BCUT2D eigenvalue weighted by atomic mass is 10.1. The maximum absolute atomic E-state index is 11.3. The van der Waals surface area contributed by atoms with Crippen LogP contribution in [0.4, 0.5) is 0 Å². The van der Waals surface area contributed by atoms with E-state index in [2.05, 4.69) is 5.32 Å². The monoisotopic (exact) mass is 280 g/mol. The quantitative estimate of drug-likeness (QED) is 0.831. The van der Waals surface area contributed by atoms with Gasteiger partial charge in [0.15, 0.2) is 0 Å². The van der Waals surface area contributed by atoms with Crippen molar-refractivity contribution < 1.29 is 8.42 Å². The van der Waals surface area contributed by atoms with Crippen LogP contribution in [0.5, 0.6) is 0 Å². The van der Waals surface area contributed by atoms with Crippen LogP contribution in [-0.4, -0.2) is 14.5 Å². The molecule has 2 aliphatic carbocycles. The number of nitrogens with one attached hydrogen (secondary N) is 1. The zero-order valence-corrected chi connectivity index (χ0v) is 11.7. The largest absolute Gasteiger partial charge is 0.309 e. The van der Waals surface area contributed by atoms with Crippen LogP contribution < -0.4 is 10.5 Å². The molecule has 5 heteroatoms. The molecule has 0 aliphatic heterocycles. The topological polar surface area (TPSA) is 72.2 Å². The van der Waals surface area contributed by atoms with Gasteiger partial charge in [-0.2, -0.15) is 0 Å². The Bertz CT molecular complexity index is 551. The van der Waals surface area contributed by atoms with E-state index in [-0.39, 0.29) is 4.90 Å². The molecule has 0 amide bonds. The Hall–Kier alpha value is -0.910. The number of nitrogens with two attached hydrogens (primary N) is 1. The highest BCUT2D eigenvalue weighted by Crippen LogP contribution is 2.44. The summed E-state index contributed by atoms with van der Waals surface area (Å²) in [5.74, 6) is 1.68. The van der Waals surface area contributed by atoms with Gasteiger partial charge in [0.2, 0.25) is 10.0 Å². The second kappa shape index (κ2) is 4.89. The van der Waals surface area contributed by atoms with Crippen molar-refractivity contribution in [2.45, 2.75) is 43.2 Å². The Morgan fingerprint density at radius 3 is 2.37 bits per heavy atom. The molecule has 3 N–H and O–H groups in total. The molecule has 4 nitrogen and oxygen atoms in total. The fourth-order valence-electron chi connectivity index (χ4n) is 2.70. The molecule has 0 bridgehead atoms. The van der Waals surface area contributed by atoms with Gasteiger partial charge in [-0.25, -0.2) is 13.6 Å². The van der Waals surface area contributed by atoms with Gasteiger partial charge in [-0.05, 0) is 55.2 Å². The van der Waals surface area contributed by atoms with Gasteiger partial charge in [0, 0.05) is 12.6 Å². The Labute approximate surface area is 114 Å². The van der Waals surface area contributed by atoms with Crippen LogP contribution in [0.2, 0.25) is 0 Å². The summed E-state index contributed by atoms with van der Waals surface area (Å²) in [7, 11) is -3.60. The minimum absolute atomic E-state index is 0.196. The molecule has 3 rings (SSSR count). The summed E-state index contributed by atoms with van der Waals surface area (Å²) in [6.07, 6.45) is 5.35. The third-order valence-corrected chi connectivity index (χ3v) is 4.94. The van der Waals surface area contributed by atoms with Crippen LogP contribution in [0.25, 0.3) is 0 Å². The molecule has 0 heterocycles. The number of hydrogen-bond donors (Lipinski definition) is 2. The van der Waals surface area contributed by atoms with Crippen LogP contribution in [0, 0.1) is 11.8 Å². The number of rotatable bonds is 6. The van der Waals surface area contributed by atoms with Crippen molar-refractivity contribution in [1.29, 1.82) is 0 Å². The lowest BCUT2D eigenvalue weighted by Gasteiger charge is -2.17. The predicted octanol–water partition coefficient (Wildman–Crippen LogP) is 1.61. The molecule has 0 radical (unpaired) electrons. The molecule has 19 heavy (non-hydrogen) atoms. The van der Waals surface area contributed by atoms with Gasteiger partial charge in [-0.1, -0.05) is 12.1 Å². The zero-order valence-electron chi connectivity index (χ0n) is 10.9. The number of hydrogen-bond acceptors (Lipinski definition) is 3. The van der Waals surface area contributed by atoms with E-state index in [1.54, 1.807) is 12.1 Å². The summed E-state index contributed by atoms with van der Waals surface area (Å²) >= 11 is 0. The van der Waals surface area contributed by atoms with E-state index in [1.807, 2.05) is 6.07 Å². The van der Waals surface area contributed by atoms with E-state index in [4.69, 9.17) is 5.14 Å². The standard InChI is InChI=1S/C14H20N2O2S/c15-19(17,18)13-3-1-2-10(8-13)9-16-14(11-4-5-11)12-6-7-12/h1-3,8,11-12,14,16H,4-7,9H2,(H2,15,17,18). The zero-order chi connectivity index (χ0) is 13.5. The van der Waals surface area contributed by atoms with E-state index in [9.17, 15) is 8.42 Å². The normalized spacial score (nSPS) is 19.9. The lowest BCUT2D eigenvalue weighted by molar-refractivity contribution is 0.415. The molecule has 0 unspecified atom stereocenters. The summed E-state index contributed by atoms with van der Waals surface area (Å²) in [5, 5.41) is 8.75. The Balaban J connectivity index is 1.66. The highest BCUT2D eigenvalue weighted by Gasteiger charge is 2.40. The average Bonchev–Trinajstić information content (AvgIpc) is 3.23. The summed E-state index contributed by atoms with van der Waals surface area (Å²) < 4.78 is 22.6. The van der Waals surface area contributed by atoms with Crippen LogP contribution in [0.15, 0.2) is 29.2 Å². The molecule has 2 aliphatic rings. The third-order valence-electron chi connectivity index (χ3n) is 4.03. The summed E-state index contributed by atoms with van der Waals surface area (Å²) in [6.45, 7) is 0.723. The lowest BCUT2D eigenvalue weighted by Crippen LogP contribution is -2.32. The van der Waals surface area contributed by atoms with E-state index < -0.39 is 10.0 Å². The van der Waals surface area contributed by atoms with Crippen molar-refractivity contribution >= 4 is 10.0 Å². The Kier molecular flexibility index (Phi) is 3.37.